The molecule has 1 rings (SSSR count). The predicted molar refractivity (Wildman–Crippen MR) is 102 cm³/mol. The SMILES string of the molecule is CN=C(NCCNS(=O)(=O)c1ccc(C)cc1)NCCC(F)(F)F.I. The highest BCUT2D eigenvalue weighted by Crippen LogP contribution is 2.18. The van der Waals surface area contributed by atoms with E-state index < -0.39 is 22.6 Å². The quantitative estimate of drug-likeness (QED) is 0.235. The fraction of sp³-hybridized carbons (Fsp3) is 0.500. The summed E-state index contributed by atoms with van der Waals surface area (Å²) >= 11 is 0. The summed E-state index contributed by atoms with van der Waals surface area (Å²) in [7, 11) is -2.20. The van der Waals surface area contributed by atoms with E-state index in [4.69, 9.17) is 0 Å². The Hall–Kier alpha value is -1.08. The molecule has 0 aliphatic rings. The maximum Gasteiger partial charge on any atom is 0.390 e. The van der Waals surface area contributed by atoms with Crippen molar-refractivity contribution in [2.75, 3.05) is 26.7 Å². The average Bonchev–Trinajstić information content (AvgIpc) is 2.49. The van der Waals surface area contributed by atoms with Gasteiger partial charge in [0.05, 0.1) is 11.3 Å². The molecule has 0 amide bonds. The van der Waals surface area contributed by atoms with Crippen molar-refractivity contribution in [3.05, 3.63) is 29.8 Å². The zero-order chi connectivity index (χ0) is 18.2. The van der Waals surface area contributed by atoms with Crippen LogP contribution in [0.5, 0.6) is 0 Å². The number of halogens is 4. The van der Waals surface area contributed by atoms with Gasteiger partial charge in [-0.1, -0.05) is 17.7 Å². The Labute approximate surface area is 162 Å². The minimum absolute atomic E-state index is 0. The zero-order valence-corrected chi connectivity index (χ0v) is 17.0. The van der Waals surface area contributed by atoms with Crippen molar-refractivity contribution in [2.24, 2.45) is 4.99 Å². The molecular formula is C14H22F3IN4O2S. The van der Waals surface area contributed by atoms with Gasteiger partial charge in [-0.15, -0.1) is 24.0 Å². The molecule has 0 radical (unpaired) electrons. The van der Waals surface area contributed by atoms with Gasteiger partial charge in [0.15, 0.2) is 5.96 Å². The Morgan fingerprint density at radius 2 is 1.64 bits per heavy atom. The second-order valence-electron chi connectivity index (χ2n) is 5.00. The summed E-state index contributed by atoms with van der Waals surface area (Å²) < 4.78 is 62.6. The summed E-state index contributed by atoms with van der Waals surface area (Å²) in [5.74, 6) is 0.175. The highest BCUT2D eigenvalue weighted by molar-refractivity contribution is 14.0. The van der Waals surface area contributed by atoms with Gasteiger partial charge in [-0.3, -0.25) is 4.99 Å². The first-order valence-corrected chi connectivity index (χ1v) is 8.70. The smallest absolute Gasteiger partial charge is 0.356 e. The van der Waals surface area contributed by atoms with Crippen molar-refractivity contribution >= 4 is 40.0 Å². The van der Waals surface area contributed by atoms with Gasteiger partial charge in [-0.25, -0.2) is 13.1 Å². The van der Waals surface area contributed by atoms with E-state index in [1.54, 1.807) is 12.1 Å². The first-order valence-electron chi connectivity index (χ1n) is 7.21. The summed E-state index contributed by atoms with van der Waals surface area (Å²) in [6, 6.07) is 6.39. The first kappa shape index (κ1) is 23.9. The topological polar surface area (TPSA) is 82.6 Å². The van der Waals surface area contributed by atoms with Gasteiger partial charge >= 0.3 is 6.18 Å². The average molecular weight is 494 g/mol. The summed E-state index contributed by atoms with van der Waals surface area (Å²) in [6.45, 7) is 1.79. The van der Waals surface area contributed by atoms with Crippen molar-refractivity contribution in [1.82, 2.24) is 15.4 Å². The first-order chi connectivity index (χ1) is 11.1. The molecule has 0 saturated carbocycles. The number of nitrogens with zero attached hydrogens (tertiary/aromatic N) is 1. The highest BCUT2D eigenvalue weighted by atomic mass is 127. The van der Waals surface area contributed by atoms with Gasteiger partial charge < -0.3 is 10.6 Å². The highest BCUT2D eigenvalue weighted by Gasteiger charge is 2.26. The number of sulfonamides is 1. The van der Waals surface area contributed by atoms with Crippen LogP contribution in [0, 0.1) is 6.92 Å². The van der Waals surface area contributed by atoms with Crippen LogP contribution < -0.4 is 15.4 Å². The van der Waals surface area contributed by atoms with Crippen LogP contribution >= 0.6 is 24.0 Å². The molecule has 1 aromatic carbocycles. The van der Waals surface area contributed by atoms with Crippen molar-refractivity contribution in [2.45, 2.75) is 24.4 Å². The molecule has 0 atom stereocenters. The van der Waals surface area contributed by atoms with Crippen LogP contribution in [-0.4, -0.2) is 47.2 Å². The van der Waals surface area contributed by atoms with E-state index >= 15 is 0 Å². The largest absolute Gasteiger partial charge is 0.390 e. The third kappa shape index (κ3) is 9.84. The van der Waals surface area contributed by atoms with Crippen LogP contribution in [0.25, 0.3) is 0 Å². The molecule has 0 unspecified atom stereocenters. The van der Waals surface area contributed by atoms with Crippen LogP contribution in [0.2, 0.25) is 0 Å². The Kier molecular flexibility index (Phi) is 10.3. The standard InChI is InChI=1S/C14H21F3N4O2S.HI/c1-11-3-5-12(6-4-11)24(22,23)21-10-9-20-13(18-2)19-8-7-14(15,16)17;/h3-6,21H,7-10H2,1-2H3,(H2,18,19,20);1H. The molecule has 0 fully saturated rings. The van der Waals surface area contributed by atoms with E-state index in [1.165, 1.54) is 19.2 Å². The van der Waals surface area contributed by atoms with Crippen molar-refractivity contribution < 1.29 is 21.6 Å². The Balaban J connectivity index is 0.00000576. The summed E-state index contributed by atoms with van der Waals surface area (Å²) in [6.07, 6.45) is -5.22. The van der Waals surface area contributed by atoms with Gasteiger partial charge in [0.2, 0.25) is 10.0 Å². The molecule has 3 N–H and O–H groups in total. The molecule has 0 spiro atoms. The van der Waals surface area contributed by atoms with E-state index in [2.05, 4.69) is 20.3 Å². The van der Waals surface area contributed by atoms with Crippen LogP contribution in [0.3, 0.4) is 0 Å². The van der Waals surface area contributed by atoms with Crippen molar-refractivity contribution in [3.63, 3.8) is 0 Å². The molecule has 0 bridgehead atoms. The zero-order valence-electron chi connectivity index (χ0n) is 13.9. The summed E-state index contributed by atoms with van der Waals surface area (Å²) in [5, 5.41) is 5.24. The molecule has 25 heavy (non-hydrogen) atoms. The molecular weight excluding hydrogens is 472 g/mol. The fourth-order valence-corrected chi connectivity index (χ4v) is 2.74. The van der Waals surface area contributed by atoms with E-state index in [9.17, 15) is 21.6 Å². The number of benzene rings is 1. The molecule has 0 aliphatic carbocycles. The van der Waals surface area contributed by atoms with E-state index in [1.807, 2.05) is 6.92 Å². The fourth-order valence-electron chi connectivity index (χ4n) is 1.71. The monoisotopic (exact) mass is 494 g/mol. The van der Waals surface area contributed by atoms with Gasteiger partial charge in [-0.2, -0.15) is 13.2 Å². The number of aryl methyl sites for hydroxylation is 1. The number of hydrogen-bond donors (Lipinski definition) is 3. The molecule has 11 heteroatoms. The number of guanidine groups is 1. The molecule has 0 aromatic heterocycles. The second-order valence-corrected chi connectivity index (χ2v) is 6.77. The molecule has 144 valence electrons. The van der Waals surface area contributed by atoms with Gasteiger partial charge in [0.25, 0.3) is 0 Å². The van der Waals surface area contributed by atoms with Crippen LogP contribution in [0.15, 0.2) is 34.2 Å². The van der Waals surface area contributed by atoms with Crippen LogP contribution in [-0.2, 0) is 10.0 Å². The number of nitrogens with one attached hydrogen (secondary N) is 3. The second kappa shape index (κ2) is 10.8. The molecule has 0 aliphatic heterocycles. The Morgan fingerprint density at radius 1 is 1.08 bits per heavy atom. The summed E-state index contributed by atoms with van der Waals surface area (Å²) in [5.41, 5.74) is 0.948. The lowest BCUT2D eigenvalue weighted by Gasteiger charge is -2.13. The summed E-state index contributed by atoms with van der Waals surface area (Å²) in [4.78, 5) is 3.91. The predicted octanol–water partition coefficient (Wildman–Crippen LogP) is 2.01. The Bertz CT molecular complexity index is 649. The van der Waals surface area contributed by atoms with Gasteiger partial charge in [0.1, 0.15) is 0 Å². The number of hydrogen-bond acceptors (Lipinski definition) is 3. The lowest BCUT2D eigenvalue weighted by atomic mass is 10.2. The Morgan fingerprint density at radius 3 is 2.16 bits per heavy atom. The van der Waals surface area contributed by atoms with Crippen LogP contribution in [0.4, 0.5) is 13.2 Å². The lowest BCUT2D eigenvalue weighted by molar-refractivity contribution is -0.132. The minimum atomic E-state index is -4.24. The number of rotatable bonds is 7. The molecule has 0 saturated heterocycles. The van der Waals surface area contributed by atoms with E-state index in [-0.39, 0.29) is 54.5 Å². The third-order valence-corrected chi connectivity index (χ3v) is 4.44. The van der Waals surface area contributed by atoms with Crippen molar-refractivity contribution in [3.8, 4) is 0 Å². The van der Waals surface area contributed by atoms with E-state index in [0.717, 1.165) is 5.56 Å². The normalized spacial score (nSPS) is 12.4. The molecule has 1 aromatic rings. The van der Waals surface area contributed by atoms with E-state index in [0.29, 0.717) is 0 Å². The van der Waals surface area contributed by atoms with Gasteiger partial charge in [0, 0.05) is 26.7 Å². The molecule has 0 heterocycles. The van der Waals surface area contributed by atoms with Gasteiger partial charge in [-0.05, 0) is 19.1 Å². The lowest BCUT2D eigenvalue weighted by Crippen LogP contribution is -2.42. The number of alkyl halides is 3. The number of aliphatic imine (C=N–C) groups is 1. The maximum absolute atomic E-state index is 12.1. The third-order valence-electron chi connectivity index (χ3n) is 2.97. The van der Waals surface area contributed by atoms with Crippen LogP contribution in [0.1, 0.15) is 12.0 Å². The molecule has 6 nitrogen and oxygen atoms in total. The maximum atomic E-state index is 12.1. The minimum Gasteiger partial charge on any atom is -0.356 e. The van der Waals surface area contributed by atoms with Crippen molar-refractivity contribution in [1.29, 1.82) is 0 Å².